The second-order valence-corrected chi connectivity index (χ2v) is 11.9. The number of carbonyl (C=O) groups is 3. The van der Waals surface area contributed by atoms with Crippen molar-refractivity contribution >= 4 is 52.4 Å². The molecule has 0 unspecified atom stereocenters. The molecule has 8 nitrogen and oxygen atoms in total. The molecule has 42 heavy (non-hydrogen) atoms. The van der Waals surface area contributed by atoms with E-state index in [9.17, 15) is 14.4 Å². The van der Waals surface area contributed by atoms with E-state index >= 15 is 0 Å². The SMILES string of the molecule is CC1(C)Cc2cccnc2N1C(=O)c1ccc(CN2C(=O)c3ccc(Cl)cc3NC(=O)[C@H]2Cc2ccccn2)cc1Cl. The summed E-state index contributed by atoms with van der Waals surface area (Å²) in [5, 5.41) is 3.52. The number of hydrogen-bond donors (Lipinski definition) is 1. The zero-order valence-corrected chi connectivity index (χ0v) is 24.5. The second-order valence-electron chi connectivity index (χ2n) is 11.1. The minimum absolute atomic E-state index is 0.0829. The summed E-state index contributed by atoms with van der Waals surface area (Å²) in [4.78, 5) is 53.2. The first-order valence-corrected chi connectivity index (χ1v) is 14.3. The summed E-state index contributed by atoms with van der Waals surface area (Å²) in [6, 6.07) is 18.3. The third-order valence-corrected chi connectivity index (χ3v) is 8.21. The van der Waals surface area contributed by atoms with Gasteiger partial charge in [0.25, 0.3) is 11.8 Å². The van der Waals surface area contributed by atoms with Crippen LogP contribution < -0.4 is 10.2 Å². The number of anilines is 2. The van der Waals surface area contributed by atoms with Crippen molar-refractivity contribution in [3.8, 4) is 0 Å². The van der Waals surface area contributed by atoms with Gasteiger partial charge in [-0.25, -0.2) is 4.98 Å². The topological polar surface area (TPSA) is 95.5 Å². The molecule has 0 bridgehead atoms. The third kappa shape index (κ3) is 5.12. The number of hydrogen-bond acceptors (Lipinski definition) is 5. The first-order chi connectivity index (χ1) is 20.1. The Hall–Kier alpha value is -4.27. The Morgan fingerprint density at radius 1 is 1.00 bits per heavy atom. The standard InChI is InChI=1S/C32H27Cl2N5O3/c1-32(2)17-20-6-5-13-36-28(20)39(32)31(42)23-10-8-19(14-25(23)34)18-38-27(16-22-7-3-4-12-35-22)29(40)37-26-15-21(33)9-11-24(26)30(38)41/h3-15,27H,16-18H2,1-2H3,(H,37,40)/t27-/m1/s1. The van der Waals surface area contributed by atoms with Gasteiger partial charge in [-0.1, -0.05) is 41.4 Å². The van der Waals surface area contributed by atoms with Crippen LogP contribution in [0.15, 0.2) is 79.1 Å². The summed E-state index contributed by atoms with van der Waals surface area (Å²) in [5.41, 5.74) is 2.87. The molecule has 0 aliphatic carbocycles. The van der Waals surface area contributed by atoms with Crippen LogP contribution in [0.25, 0.3) is 0 Å². The van der Waals surface area contributed by atoms with Gasteiger partial charge in [-0.3, -0.25) is 24.3 Å². The molecule has 212 valence electrons. The van der Waals surface area contributed by atoms with Crippen molar-refractivity contribution in [1.29, 1.82) is 0 Å². The number of rotatable bonds is 5. The predicted molar refractivity (Wildman–Crippen MR) is 162 cm³/mol. The molecule has 4 aromatic rings. The Kier molecular flexibility index (Phi) is 7.20. The normalized spacial score (nSPS) is 17.4. The van der Waals surface area contributed by atoms with Gasteiger partial charge in [0.1, 0.15) is 11.9 Å². The van der Waals surface area contributed by atoms with Crippen molar-refractivity contribution in [2.75, 3.05) is 10.2 Å². The minimum atomic E-state index is -0.855. The molecule has 2 aliphatic heterocycles. The van der Waals surface area contributed by atoms with Crippen LogP contribution in [-0.4, -0.2) is 44.2 Å². The summed E-state index contributed by atoms with van der Waals surface area (Å²) in [6.07, 6.45) is 4.21. The predicted octanol–water partition coefficient (Wildman–Crippen LogP) is 5.97. The number of pyridine rings is 2. The lowest BCUT2D eigenvalue weighted by Gasteiger charge is -2.32. The smallest absolute Gasteiger partial charge is 0.261 e. The average Bonchev–Trinajstić information content (AvgIpc) is 3.19. The van der Waals surface area contributed by atoms with Crippen LogP contribution in [0, 0.1) is 0 Å². The van der Waals surface area contributed by atoms with E-state index in [-0.39, 0.29) is 35.7 Å². The Bertz CT molecular complexity index is 1730. The van der Waals surface area contributed by atoms with Crippen LogP contribution in [-0.2, 0) is 24.2 Å². The quantitative estimate of drug-likeness (QED) is 0.305. The molecule has 2 aromatic carbocycles. The fourth-order valence-electron chi connectivity index (χ4n) is 5.68. The fraction of sp³-hybridized carbons (Fsp3) is 0.219. The molecule has 10 heteroatoms. The van der Waals surface area contributed by atoms with E-state index < -0.39 is 11.6 Å². The minimum Gasteiger partial charge on any atom is -0.323 e. The molecule has 0 saturated heterocycles. The first-order valence-electron chi connectivity index (χ1n) is 13.5. The lowest BCUT2D eigenvalue weighted by molar-refractivity contribution is -0.120. The molecular weight excluding hydrogens is 573 g/mol. The number of nitrogens with one attached hydrogen (secondary N) is 1. The molecule has 1 N–H and O–H groups in total. The molecule has 0 radical (unpaired) electrons. The van der Waals surface area contributed by atoms with Crippen LogP contribution in [0.2, 0.25) is 10.0 Å². The maximum Gasteiger partial charge on any atom is 0.261 e. The number of halogens is 2. The number of benzene rings is 2. The van der Waals surface area contributed by atoms with Gasteiger partial charge in [-0.15, -0.1) is 0 Å². The molecule has 2 aromatic heterocycles. The number of carbonyl (C=O) groups excluding carboxylic acids is 3. The average molecular weight is 601 g/mol. The van der Waals surface area contributed by atoms with Crippen LogP contribution in [0.4, 0.5) is 11.5 Å². The van der Waals surface area contributed by atoms with E-state index in [0.29, 0.717) is 45.3 Å². The van der Waals surface area contributed by atoms with Gasteiger partial charge in [-0.2, -0.15) is 0 Å². The highest BCUT2D eigenvalue weighted by Gasteiger charge is 2.42. The highest BCUT2D eigenvalue weighted by molar-refractivity contribution is 6.34. The summed E-state index contributed by atoms with van der Waals surface area (Å²) in [5.74, 6) is -0.308. The Labute approximate surface area is 253 Å². The van der Waals surface area contributed by atoms with Crippen LogP contribution >= 0.6 is 23.2 Å². The molecule has 1 atom stereocenters. The molecule has 0 fully saturated rings. The molecule has 6 rings (SSSR count). The summed E-state index contributed by atoms with van der Waals surface area (Å²) in [6.45, 7) is 4.08. The van der Waals surface area contributed by atoms with Gasteiger partial charge in [-0.05, 0) is 79.9 Å². The fourth-order valence-corrected chi connectivity index (χ4v) is 6.14. The molecule has 0 saturated carbocycles. The van der Waals surface area contributed by atoms with Gasteiger partial charge in [0.2, 0.25) is 5.91 Å². The highest BCUT2D eigenvalue weighted by Crippen LogP contribution is 2.39. The monoisotopic (exact) mass is 599 g/mol. The number of nitrogens with zero attached hydrogens (tertiary/aromatic N) is 4. The van der Waals surface area contributed by atoms with Gasteiger partial charge in [0.05, 0.1) is 21.8 Å². The van der Waals surface area contributed by atoms with Crippen molar-refractivity contribution in [3.63, 3.8) is 0 Å². The number of amides is 3. The van der Waals surface area contributed by atoms with Crippen molar-refractivity contribution in [2.24, 2.45) is 0 Å². The van der Waals surface area contributed by atoms with Gasteiger partial charge >= 0.3 is 0 Å². The first kappa shape index (κ1) is 27.9. The molecule has 4 heterocycles. The van der Waals surface area contributed by atoms with E-state index in [0.717, 1.165) is 5.56 Å². The van der Waals surface area contributed by atoms with Gasteiger partial charge < -0.3 is 10.2 Å². The summed E-state index contributed by atoms with van der Waals surface area (Å²) >= 11 is 12.9. The van der Waals surface area contributed by atoms with Gasteiger partial charge in [0.15, 0.2) is 0 Å². The summed E-state index contributed by atoms with van der Waals surface area (Å²) in [7, 11) is 0. The Morgan fingerprint density at radius 3 is 2.57 bits per heavy atom. The van der Waals surface area contributed by atoms with E-state index in [4.69, 9.17) is 23.2 Å². The third-order valence-electron chi connectivity index (χ3n) is 7.67. The maximum absolute atomic E-state index is 13.9. The van der Waals surface area contributed by atoms with Crippen LogP contribution in [0.1, 0.15) is 51.4 Å². The van der Waals surface area contributed by atoms with E-state index in [1.54, 1.807) is 59.8 Å². The molecular formula is C32H27Cl2N5O3. The lowest BCUT2D eigenvalue weighted by atomic mass is 9.98. The zero-order chi connectivity index (χ0) is 29.6. The number of fused-ring (bicyclic) bond motifs is 2. The van der Waals surface area contributed by atoms with Crippen molar-refractivity contribution in [2.45, 2.75) is 44.8 Å². The Balaban J connectivity index is 1.33. The maximum atomic E-state index is 13.9. The van der Waals surface area contributed by atoms with Crippen molar-refractivity contribution in [1.82, 2.24) is 14.9 Å². The Morgan fingerprint density at radius 2 is 1.81 bits per heavy atom. The van der Waals surface area contributed by atoms with Crippen molar-refractivity contribution < 1.29 is 14.4 Å². The lowest BCUT2D eigenvalue weighted by Crippen LogP contribution is -2.46. The highest BCUT2D eigenvalue weighted by atomic mass is 35.5. The number of aromatic nitrogens is 2. The van der Waals surface area contributed by atoms with E-state index in [2.05, 4.69) is 15.3 Å². The van der Waals surface area contributed by atoms with Crippen LogP contribution in [0.3, 0.4) is 0 Å². The summed E-state index contributed by atoms with van der Waals surface area (Å²) < 4.78 is 0. The zero-order valence-electron chi connectivity index (χ0n) is 23.0. The van der Waals surface area contributed by atoms with E-state index in [1.807, 2.05) is 38.1 Å². The molecule has 2 aliphatic rings. The molecule has 3 amide bonds. The van der Waals surface area contributed by atoms with Gasteiger partial charge in [0, 0.05) is 41.6 Å². The van der Waals surface area contributed by atoms with Crippen molar-refractivity contribution in [3.05, 3.63) is 117 Å². The largest absolute Gasteiger partial charge is 0.323 e. The second kappa shape index (κ2) is 10.9. The van der Waals surface area contributed by atoms with E-state index in [1.165, 1.54) is 4.90 Å². The van der Waals surface area contributed by atoms with Crippen LogP contribution in [0.5, 0.6) is 0 Å². The molecule has 0 spiro atoms.